The molecule has 0 aliphatic carbocycles. The molecule has 1 amide bonds. The number of halogens is 3. The first-order chi connectivity index (χ1) is 18.2. The monoisotopic (exact) mass is 551 g/mol. The first-order valence-corrected chi connectivity index (χ1v) is 14.9. The highest BCUT2D eigenvalue weighted by atomic mass is 19.4. The van der Waals surface area contributed by atoms with Crippen LogP contribution < -0.4 is 5.32 Å². The maximum absolute atomic E-state index is 12.6. The highest BCUT2D eigenvalue weighted by Gasteiger charge is 2.42. The molecule has 0 radical (unpaired) electrons. The van der Waals surface area contributed by atoms with Crippen LogP contribution in [-0.4, -0.2) is 41.8 Å². The molecule has 0 saturated carbocycles. The highest BCUT2D eigenvalue weighted by molar-refractivity contribution is 5.76. The van der Waals surface area contributed by atoms with Gasteiger partial charge in [-0.05, 0) is 32.1 Å². The summed E-state index contributed by atoms with van der Waals surface area (Å²) in [6.07, 6.45) is 14.7. The fourth-order valence-corrected chi connectivity index (χ4v) is 4.46. The molecule has 0 aliphatic rings. The van der Waals surface area contributed by atoms with E-state index < -0.39 is 24.2 Å². The molecule has 0 spiro atoms. The van der Waals surface area contributed by atoms with Gasteiger partial charge >= 0.3 is 18.1 Å². The Morgan fingerprint density at radius 2 is 1.11 bits per heavy atom. The Bertz CT molecular complexity index is 614. The molecule has 0 rings (SSSR count). The average molecular weight is 552 g/mol. The van der Waals surface area contributed by atoms with Crippen LogP contribution in [0.15, 0.2) is 0 Å². The number of carboxylic acid groups (broad SMARTS) is 1. The van der Waals surface area contributed by atoms with Crippen LogP contribution in [0.25, 0.3) is 0 Å². The third kappa shape index (κ3) is 24.5. The van der Waals surface area contributed by atoms with Crippen molar-refractivity contribution >= 4 is 17.8 Å². The molecule has 0 bridgehead atoms. The predicted molar refractivity (Wildman–Crippen MR) is 144 cm³/mol. The summed E-state index contributed by atoms with van der Waals surface area (Å²) < 4.78 is 42.7. The van der Waals surface area contributed by atoms with Crippen LogP contribution in [0.1, 0.15) is 148 Å². The van der Waals surface area contributed by atoms with E-state index in [1.165, 1.54) is 19.3 Å². The molecule has 0 fully saturated rings. The van der Waals surface area contributed by atoms with Crippen molar-refractivity contribution in [3.05, 3.63) is 0 Å². The van der Waals surface area contributed by atoms with Gasteiger partial charge in [-0.15, -0.1) is 0 Å². The third-order valence-electron chi connectivity index (χ3n) is 6.73. The molecule has 1 atom stereocenters. The van der Waals surface area contributed by atoms with Gasteiger partial charge in [0, 0.05) is 13.0 Å². The molecular weight excluding hydrogens is 499 g/mol. The van der Waals surface area contributed by atoms with Gasteiger partial charge in [-0.2, -0.15) is 13.2 Å². The summed E-state index contributed by atoms with van der Waals surface area (Å²) in [5, 5.41) is 11.1. The second-order valence-electron chi connectivity index (χ2n) is 10.4. The van der Waals surface area contributed by atoms with Crippen LogP contribution in [0, 0.1) is 0 Å². The van der Waals surface area contributed by atoms with Crippen molar-refractivity contribution in [2.75, 3.05) is 6.54 Å². The summed E-state index contributed by atoms with van der Waals surface area (Å²) in [5.41, 5.74) is 0. The molecule has 0 aromatic heterocycles. The zero-order valence-electron chi connectivity index (χ0n) is 23.6. The maximum Gasteiger partial charge on any atom is 0.490 e. The van der Waals surface area contributed by atoms with Crippen LogP contribution in [0.2, 0.25) is 0 Å². The number of esters is 1. The molecule has 0 aromatic rings. The van der Waals surface area contributed by atoms with E-state index >= 15 is 0 Å². The standard InChI is InChI=1S/C29H52F3NO5/c1-2-3-4-5-11-14-17-20-25(38-28(37)29(30,31)32)21-18-15-12-9-7-6-8-10-13-16-19-22-26(34)33-24-23-27(35)36/h25H,2-24H2,1H3,(H,33,34)(H,35,36). The van der Waals surface area contributed by atoms with Crippen LogP contribution in [-0.2, 0) is 19.1 Å². The number of alkyl halides is 3. The number of carbonyl (C=O) groups is 3. The van der Waals surface area contributed by atoms with E-state index in [2.05, 4.69) is 12.2 Å². The number of carboxylic acids is 1. The molecule has 9 heteroatoms. The fraction of sp³-hybridized carbons (Fsp3) is 0.897. The Morgan fingerprint density at radius 1 is 0.684 bits per heavy atom. The first-order valence-electron chi connectivity index (χ1n) is 14.9. The van der Waals surface area contributed by atoms with Gasteiger partial charge in [0.05, 0.1) is 6.42 Å². The van der Waals surface area contributed by atoms with Gasteiger partial charge in [0.25, 0.3) is 0 Å². The third-order valence-corrected chi connectivity index (χ3v) is 6.73. The summed E-state index contributed by atoms with van der Waals surface area (Å²) in [4.78, 5) is 33.3. The van der Waals surface area contributed by atoms with Crippen LogP contribution >= 0.6 is 0 Å². The van der Waals surface area contributed by atoms with E-state index in [4.69, 9.17) is 9.84 Å². The summed E-state index contributed by atoms with van der Waals surface area (Å²) in [6, 6.07) is 0. The number of rotatable bonds is 26. The molecule has 2 N–H and O–H groups in total. The number of amides is 1. The van der Waals surface area contributed by atoms with E-state index in [1.807, 2.05) is 0 Å². The lowest BCUT2D eigenvalue weighted by molar-refractivity contribution is -0.205. The molecule has 1 unspecified atom stereocenters. The second kappa shape index (κ2) is 24.3. The summed E-state index contributed by atoms with van der Waals surface area (Å²) in [5.74, 6) is -3.07. The van der Waals surface area contributed by atoms with Gasteiger partial charge in [-0.25, -0.2) is 4.79 Å². The van der Waals surface area contributed by atoms with Crippen molar-refractivity contribution in [3.8, 4) is 0 Å². The molecule has 224 valence electrons. The van der Waals surface area contributed by atoms with E-state index in [0.29, 0.717) is 19.3 Å². The second-order valence-corrected chi connectivity index (χ2v) is 10.4. The van der Waals surface area contributed by atoms with Gasteiger partial charge in [0.1, 0.15) is 6.10 Å². The minimum Gasteiger partial charge on any atom is -0.481 e. The molecule has 0 aliphatic heterocycles. The van der Waals surface area contributed by atoms with Crippen molar-refractivity contribution in [2.45, 2.75) is 160 Å². The average Bonchev–Trinajstić information content (AvgIpc) is 2.85. The first kappa shape index (κ1) is 36.2. The topological polar surface area (TPSA) is 92.7 Å². The maximum atomic E-state index is 12.6. The lowest BCUT2D eigenvalue weighted by Gasteiger charge is -2.19. The molecular formula is C29H52F3NO5. The Balaban J connectivity index is 3.78. The minimum absolute atomic E-state index is 0.0526. The number of hydrogen-bond acceptors (Lipinski definition) is 4. The number of ether oxygens (including phenoxy) is 1. The van der Waals surface area contributed by atoms with Gasteiger partial charge in [0.15, 0.2) is 0 Å². The fourth-order valence-electron chi connectivity index (χ4n) is 4.46. The predicted octanol–water partition coefficient (Wildman–Crippen LogP) is 8.26. The molecule has 0 aromatic carbocycles. The number of aliphatic carboxylic acids is 1. The summed E-state index contributed by atoms with van der Waals surface area (Å²) in [6.45, 7) is 2.34. The van der Waals surface area contributed by atoms with Crippen LogP contribution in [0.5, 0.6) is 0 Å². The lowest BCUT2D eigenvalue weighted by atomic mass is 10.0. The van der Waals surface area contributed by atoms with Crippen LogP contribution in [0.3, 0.4) is 0 Å². The van der Waals surface area contributed by atoms with E-state index in [0.717, 1.165) is 96.3 Å². The Hall–Kier alpha value is -1.80. The molecule has 38 heavy (non-hydrogen) atoms. The van der Waals surface area contributed by atoms with Crippen molar-refractivity contribution in [3.63, 3.8) is 0 Å². The Morgan fingerprint density at radius 3 is 1.53 bits per heavy atom. The van der Waals surface area contributed by atoms with Gasteiger partial charge in [-0.1, -0.05) is 103 Å². The lowest BCUT2D eigenvalue weighted by Crippen LogP contribution is -2.30. The van der Waals surface area contributed by atoms with E-state index in [1.54, 1.807) is 0 Å². The normalized spacial score (nSPS) is 12.3. The quantitative estimate of drug-likeness (QED) is 0.0834. The molecule has 0 heterocycles. The van der Waals surface area contributed by atoms with E-state index in [-0.39, 0.29) is 18.9 Å². The SMILES string of the molecule is CCCCCCCCCC(CCCCCCCCCCCCCC(=O)NCCC(=O)O)OC(=O)C(F)(F)F. The van der Waals surface area contributed by atoms with E-state index in [9.17, 15) is 27.6 Å². The van der Waals surface area contributed by atoms with Crippen molar-refractivity contribution in [1.29, 1.82) is 0 Å². The summed E-state index contributed by atoms with van der Waals surface area (Å²) in [7, 11) is 0. The summed E-state index contributed by atoms with van der Waals surface area (Å²) >= 11 is 0. The van der Waals surface area contributed by atoms with Gasteiger partial charge in [-0.3, -0.25) is 9.59 Å². The van der Waals surface area contributed by atoms with Crippen LogP contribution in [0.4, 0.5) is 13.2 Å². The Kier molecular flexibility index (Phi) is 23.1. The number of nitrogens with one attached hydrogen (secondary N) is 1. The number of hydrogen-bond donors (Lipinski definition) is 2. The zero-order chi connectivity index (χ0) is 28.5. The van der Waals surface area contributed by atoms with Crippen molar-refractivity contribution in [1.82, 2.24) is 5.32 Å². The van der Waals surface area contributed by atoms with Crippen molar-refractivity contribution in [2.24, 2.45) is 0 Å². The van der Waals surface area contributed by atoms with Gasteiger partial charge in [0.2, 0.25) is 5.91 Å². The minimum atomic E-state index is -4.93. The molecule has 6 nitrogen and oxygen atoms in total. The smallest absolute Gasteiger partial charge is 0.481 e. The highest BCUT2D eigenvalue weighted by Crippen LogP contribution is 2.22. The number of carbonyl (C=O) groups excluding carboxylic acids is 2. The van der Waals surface area contributed by atoms with Crippen molar-refractivity contribution < 1.29 is 37.4 Å². The number of unbranched alkanes of at least 4 members (excludes halogenated alkanes) is 16. The Labute approximate surface area is 227 Å². The van der Waals surface area contributed by atoms with Gasteiger partial charge < -0.3 is 15.2 Å². The molecule has 0 saturated heterocycles. The zero-order valence-corrected chi connectivity index (χ0v) is 23.6. The largest absolute Gasteiger partial charge is 0.490 e.